The number of hydrogen-bond donors (Lipinski definition) is 1. The summed E-state index contributed by atoms with van der Waals surface area (Å²) in [5.74, 6) is -0.671. The summed E-state index contributed by atoms with van der Waals surface area (Å²) in [5, 5.41) is 2.94. The van der Waals surface area contributed by atoms with E-state index >= 15 is 0 Å². The summed E-state index contributed by atoms with van der Waals surface area (Å²) in [6.07, 6.45) is 5.59. The highest BCUT2D eigenvalue weighted by Crippen LogP contribution is 2.17. The number of ether oxygens (including phenoxy) is 1. The van der Waals surface area contributed by atoms with E-state index in [1.807, 2.05) is 12.1 Å². The molecule has 0 unspecified atom stereocenters. The minimum absolute atomic E-state index is 0.213. The molecule has 0 saturated heterocycles. The summed E-state index contributed by atoms with van der Waals surface area (Å²) < 4.78 is 5.12. The van der Waals surface area contributed by atoms with Crippen LogP contribution >= 0.6 is 0 Å². The lowest BCUT2D eigenvalue weighted by Gasteiger charge is -2.22. The Morgan fingerprint density at radius 3 is 2.29 bits per heavy atom. The van der Waals surface area contributed by atoms with E-state index < -0.39 is 5.97 Å². The van der Waals surface area contributed by atoms with E-state index in [1.54, 1.807) is 12.1 Å². The number of amides is 1. The third-order valence-corrected chi connectivity index (χ3v) is 4.54. The first-order valence-corrected chi connectivity index (χ1v) is 8.95. The smallest absolute Gasteiger partial charge is 0.338 e. The highest BCUT2D eigenvalue weighted by atomic mass is 16.5. The van der Waals surface area contributed by atoms with Crippen LogP contribution in [0, 0.1) is 0 Å². The normalized spacial score (nSPS) is 14.9. The van der Waals surface area contributed by atoms with Crippen LogP contribution in [0.25, 0.3) is 0 Å². The Hall–Kier alpha value is -2.04. The summed E-state index contributed by atoms with van der Waals surface area (Å²) in [4.78, 5) is 26.1. The molecule has 1 aromatic rings. The molecule has 1 aliphatic carbocycles. The Morgan fingerprint density at radius 1 is 1.08 bits per heavy atom. The van der Waals surface area contributed by atoms with Crippen molar-refractivity contribution >= 4 is 17.6 Å². The zero-order valence-electron chi connectivity index (χ0n) is 14.7. The average molecular weight is 332 g/mol. The predicted octanol–water partition coefficient (Wildman–Crippen LogP) is 3.14. The number of carbonyl (C=O) groups is 2. The summed E-state index contributed by atoms with van der Waals surface area (Å²) in [6, 6.07) is 7.54. The molecule has 5 heteroatoms. The number of hydrogen-bond acceptors (Lipinski definition) is 4. The molecule has 0 atom stereocenters. The predicted molar refractivity (Wildman–Crippen MR) is 95.3 cm³/mol. The third kappa shape index (κ3) is 5.25. The molecule has 1 amide bonds. The van der Waals surface area contributed by atoms with Crippen LogP contribution in [0.1, 0.15) is 56.3 Å². The molecular formula is C19H28N2O3. The van der Waals surface area contributed by atoms with Crippen molar-refractivity contribution in [2.75, 3.05) is 24.6 Å². The van der Waals surface area contributed by atoms with Crippen LogP contribution in [0.3, 0.4) is 0 Å². The molecule has 0 bridgehead atoms. The second-order valence-corrected chi connectivity index (χ2v) is 6.20. The highest BCUT2D eigenvalue weighted by Gasteiger charge is 2.17. The van der Waals surface area contributed by atoms with Crippen molar-refractivity contribution in [3.63, 3.8) is 0 Å². The van der Waals surface area contributed by atoms with E-state index in [9.17, 15) is 9.59 Å². The SMILES string of the molecule is CCN(CC)c1ccc(C(=O)OCC(=O)NC2CCCCC2)cc1. The first kappa shape index (κ1) is 18.3. The Morgan fingerprint density at radius 2 is 1.71 bits per heavy atom. The summed E-state index contributed by atoms with van der Waals surface area (Å²) in [5.41, 5.74) is 1.54. The van der Waals surface area contributed by atoms with Crippen molar-refractivity contribution in [2.24, 2.45) is 0 Å². The van der Waals surface area contributed by atoms with Gasteiger partial charge in [-0.2, -0.15) is 0 Å². The molecule has 1 N–H and O–H groups in total. The van der Waals surface area contributed by atoms with Crippen LogP contribution < -0.4 is 10.2 Å². The Labute approximate surface area is 144 Å². The van der Waals surface area contributed by atoms with E-state index in [2.05, 4.69) is 24.1 Å². The van der Waals surface area contributed by atoms with Crippen LogP contribution in [-0.4, -0.2) is 37.6 Å². The number of carbonyl (C=O) groups excluding carboxylic acids is 2. The minimum atomic E-state index is -0.458. The van der Waals surface area contributed by atoms with Gasteiger partial charge in [0.2, 0.25) is 0 Å². The lowest BCUT2D eigenvalue weighted by Crippen LogP contribution is -2.38. The van der Waals surface area contributed by atoms with Gasteiger partial charge in [0.1, 0.15) is 0 Å². The molecule has 1 aromatic carbocycles. The van der Waals surface area contributed by atoms with Gasteiger partial charge in [-0.25, -0.2) is 4.79 Å². The van der Waals surface area contributed by atoms with Crippen LogP contribution in [0.15, 0.2) is 24.3 Å². The Balaban J connectivity index is 1.80. The number of benzene rings is 1. The first-order valence-electron chi connectivity index (χ1n) is 8.95. The molecule has 0 aromatic heterocycles. The monoisotopic (exact) mass is 332 g/mol. The number of anilines is 1. The van der Waals surface area contributed by atoms with Gasteiger partial charge in [-0.15, -0.1) is 0 Å². The quantitative estimate of drug-likeness (QED) is 0.779. The number of esters is 1. The Bertz CT molecular complexity index is 532. The van der Waals surface area contributed by atoms with Crippen molar-refractivity contribution in [3.05, 3.63) is 29.8 Å². The fourth-order valence-corrected chi connectivity index (χ4v) is 3.13. The van der Waals surface area contributed by atoms with Gasteiger partial charge in [0.25, 0.3) is 5.91 Å². The van der Waals surface area contributed by atoms with Crippen LogP contribution in [0.2, 0.25) is 0 Å². The maximum atomic E-state index is 12.0. The Kier molecular flexibility index (Phi) is 7.09. The number of nitrogens with one attached hydrogen (secondary N) is 1. The van der Waals surface area contributed by atoms with E-state index in [1.165, 1.54) is 6.42 Å². The van der Waals surface area contributed by atoms with Gasteiger partial charge in [-0.3, -0.25) is 4.79 Å². The molecule has 5 nitrogen and oxygen atoms in total. The first-order chi connectivity index (χ1) is 11.6. The maximum Gasteiger partial charge on any atom is 0.338 e. The van der Waals surface area contributed by atoms with Gasteiger partial charge in [0.15, 0.2) is 6.61 Å². The maximum absolute atomic E-state index is 12.0. The van der Waals surface area contributed by atoms with Gasteiger partial charge >= 0.3 is 5.97 Å². The lowest BCUT2D eigenvalue weighted by atomic mass is 9.95. The standard InChI is InChI=1S/C19H28N2O3/c1-3-21(4-2)17-12-10-15(11-13-17)19(23)24-14-18(22)20-16-8-6-5-7-9-16/h10-13,16H,3-9,14H2,1-2H3,(H,20,22). The van der Waals surface area contributed by atoms with Gasteiger partial charge < -0.3 is 15.0 Å². The van der Waals surface area contributed by atoms with E-state index in [4.69, 9.17) is 4.74 Å². The molecule has 1 saturated carbocycles. The fraction of sp³-hybridized carbons (Fsp3) is 0.579. The molecule has 0 aliphatic heterocycles. The van der Waals surface area contributed by atoms with Gasteiger partial charge in [-0.1, -0.05) is 19.3 Å². The van der Waals surface area contributed by atoms with Crippen molar-refractivity contribution in [1.82, 2.24) is 5.32 Å². The van der Waals surface area contributed by atoms with Crippen molar-refractivity contribution in [3.8, 4) is 0 Å². The molecule has 1 aliphatic rings. The molecule has 2 rings (SSSR count). The van der Waals surface area contributed by atoms with Crippen LogP contribution in [0.4, 0.5) is 5.69 Å². The molecule has 1 fully saturated rings. The molecular weight excluding hydrogens is 304 g/mol. The highest BCUT2D eigenvalue weighted by molar-refractivity contribution is 5.91. The van der Waals surface area contributed by atoms with E-state index in [-0.39, 0.29) is 18.6 Å². The van der Waals surface area contributed by atoms with E-state index in [0.717, 1.165) is 44.5 Å². The zero-order chi connectivity index (χ0) is 17.4. The summed E-state index contributed by atoms with van der Waals surface area (Å²) in [6.45, 7) is 5.81. The topological polar surface area (TPSA) is 58.6 Å². The summed E-state index contributed by atoms with van der Waals surface area (Å²) >= 11 is 0. The molecule has 24 heavy (non-hydrogen) atoms. The molecule has 0 radical (unpaired) electrons. The second-order valence-electron chi connectivity index (χ2n) is 6.20. The zero-order valence-corrected chi connectivity index (χ0v) is 14.7. The van der Waals surface area contributed by atoms with Crippen molar-refractivity contribution in [1.29, 1.82) is 0 Å². The third-order valence-electron chi connectivity index (χ3n) is 4.54. The average Bonchev–Trinajstić information content (AvgIpc) is 2.62. The fourth-order valence-electron chi connectivity index (χ4n) is 3.13. The molecule has 0 spiro atoms. The lowest BCUT2D eigenvalue weighted by molar-refractivity contribution is -0.125. The second kappa shape index (κ2) is 9.30. The van der Waals surface area contributed by atoms with Gasteiger partial charge in [0, 0.05) is 24.8 Å². The van der Waals surface area contributed by atoms with Gasteiger partial charge in [-0.05, 0) is 51.0 Å². The molecule has 0 heterocycles. The minimum Gasteiger partial charge on any atom is -0.452 e. The number of rotatable bonds is 7. The number of nitrogens with zero attached hydrogens (tertiary/aromatic N) is 1. The van der Waals surface area contributed by atoms with Gasteiger partial charge in [0.05, 0.1) is 5.56 Å². The van der Waals surface area contributed by atoms with Crippen molar-refractivity contribution in [2.45, 2.75) is 52.0 Å². The molecule has 132 valence electrons. The summed E-state index contributed by atoms with van der Waals surface area (Å²) in [7, 11) is 0. The van der Waals surface area contributed by atoms with E-state index in [0.29, 0.717) is 5.56 Å². The largest absolute Gasteiger partial charge is 0.452 e. The van der Waals surface area contributed by atoms with Crippen LogP contribution in [-0.2, 0) is 9.53 Å². The van der Waals surface area contributed by atoms with Crippen LogP contribution in [0.5, 0.6) is 0 Å². The van der Waals surface area contributed by atoms with Crippen molar-refractivity contribution < 1.29 is 14.3 Å².